The van der Waals surface area contributed by atoms with Crippen LogP contribution in [0.5, 0.6) is 0 Å². The molecule has 1 saturated heterocycles. The van der Waals surface area contributed by atoms with Crippen molar-refractivity contribution in [3.63, 3.8) is 0 Å². The summed E-state index contributed by atoms with van der Waals surface area (Å²) in [5.41, 5.74) is 3.56. The highest BCUT2D eigenvalue weighted by Crippen LogP contribution is 2.31. The molecule has 1 fully saturated rings. The van der Waals surface area contributed by atoms with Gasteiger partial charge in [0.2, 0.25) is 0 Å². The quantitative estimate of drug-likeness (QED) is 0.654. The third-order valence-electron chi connectivity index (χ3n) is 4.24. The highest BCUT2D eigenvalue weighted by molar-refractivity contribution is 5.58. The van der Waals surface area contributed by atoms with Crippen LogP contribution in [0.3, 0.4) is 0 Å². The van der Waals surface area contributed by atoms with Gasteiger partial charge in [0.05, 0.1) is 5.60 Å². The lowest BCUT2D eigenvalue weighted by Crippen LogP contribution is -2.48. The van der Waals surface area contributed by atoms with Gasteiger partial charge in [-0.2, -0.15) is 0 Å². The molecular weight excluding hydrogens is 266 g/mol. The molecule has 0 spiro atoms. The molecular formula is C15H27N5O. The Balaban J connectivity index is 2.40. The molecule has 6 nitrogen and oxygen atoms in total. The lowest BCUT2D eigenvalue weighted by Gasteiger charge is -2.40. The van der Waals surface area contributed by atoms with Crippen LogP contribution in [-0.2, 0) is 4.74 Å². The van der Waals surface area contributed by atoms with E-state index in [1.807, 2.05) is 6.92 Å². The topological polar surface area (TPSA) is 76.3 Å². The number of aromatic nitrogens is 2. The number of hydrazine groups is 1. The van der Waals surface area contributed by atoms with Gasteiger partial charge in [0.25, 0.3) is 0 Å². The molecule has 2 heterocycles. The zero-order chi connectivity index (χ0) is 15.6. The number of hydrogen-bond acceptors (Lipinski definition) is 6. The maximum atomic E-state index is 5.68. The van der Waals surface area contributed by atoms with Crippen molar-refractivity contribution in [2.45, 2.75) is 52.1 Å². The molecule has 0 bridgehead atoms. The molecule has 1 aliphatic rings. The van der Waals surface area contributed by atoms with Gasteiger partial charge in [0.1, 0.15) is 17.5 Å². The van der Waals surface area contributed by atoms with Crippen molar-refractivity contribution in [1.29, 1.82) is 0 Å². The summed E-state index contributed by atoms with van der Waals surface area (Å²) in [5.74, 6) is 8.35. The molecule has 1 atom stereocenters. The van der Waals surface area contributed by atoms with Crippen LogP contribution in [0.15, 0.2) is 0 Å². The van der Waals surface area contributed by atoms with Crippen LogP contribution in [0.25, 0.3) is 0 Å². The molecule has 0 amide bonds. The summed E-state index contributed by atoms with van der Waals surface area (Å²) in [6.07, 6.45) is 2.17. The van der Waals surface area contributed by atoms with E-state index >= 15 is 0 Å². The predicted octanol–water partition coefficient (Wildman–Crippen LogP) is 2.20. The van der Waals surface area contributed by atoms with Gasteiger partial charge in [-0.25, -0.2) is 15.8 Å². The first-order valence-corrected chi connectivity index (χ1v) is 7.55. The Kier molecular flexibility index (Phi) is 4.68. The van der Waals surface area contributed by atoms with Gasteiger partial charge >= 0.3 is 0 Å². The van der Waals surface area contributed by atoms with E-state index in [1.54, 1.807) is 7.11 Å². The van der Waals surface area contributed by atoms with Crippen LogP contribution in [0.4, 0.5) is 11.6 Å². The highest BCUT2D eigenvalue weighted by atomic mass is 16.5. The Hall–Kier alpha value is -1.40. The van der Waals surface area contributed by atoms with E-state index < -0.39 is 0 Å². The molecule has 0 saturated carbocycles. The average Bonchev–Trinajstić information content (AvgIpc) is 2.47. The van der Waals surface area contributed by atoms with E-state index in [1.165, 1.54) is 0 Å². The SMILES string of the molecule is COC1(C)CCCN(c2nc(C(C)C)nc(NN)c2C)C1. The summed E-state index contributed by atoms with van der Waals surface area (Å²) >= 11 is 0. The first-order valence-electron chi connectivity index (χ1n) is 7.55. The molecule has 0 aromatic carbocycles. The van der Waals surface area contributed by atoms with Crippen molar-refractivity contribution in [2.75, 3.05) is 30.5 Å². The summed E-state index contributed by atoms with van der Waals surface area (Å²) in [5, 5.41) is 0. The van der Waals surface area contributed by atoms with Crippen molar-refractivity contribution in [2.24, 2.45) is 5.84 Å². The summed E-state index contributed by atoms with van der Waals surface area (Å²) in [6.45, 7) is 10.2. The van der Waals surface area contributed by atoms with E-state index in [9.17, 15) is 0 Å². The molecule has 0 aliphatic carbocycles. The van der Waals surface area contributed by atoms with Gasteiger partial charge in [0, 0.05) is 31.7 Å². The third kappa shape index (κ3) is 3.27. The van der Waals surface area contributed by atoms with E-state index in [0.29, 0.717) is 5.82 Å². The fourth-order valence-corrected chi connectivity index (χ4v) is 2.78. The number of nitrogen functional groups attached to an aromatic ring is 1. The van der Waals surface area contributed by atoms with Gasteiger partial charge in [-0.05, 0) is 26.7 Å². The fourth-order valence-electron chi connectivity index (χ4n) is 2.78. The zero-order valence-corrected chi connectivity index (χ0v) is 13.7. The molecule has 0 radical (unpaired) electrons. The molecule has 118 valence electrons. The number of piperidine rings is 1. The summed E-state index contributed by atoms with van der Waals surface area (Å²) in [7, 11) is 1.78. The standard InChI is InChI=1S/C15H27N5O/c1-10(2)12-17-13(19-16)11(3)14(18-12)20-8-6-7-15(4,9-20)21-5/h10H,6-9,16H2,1-5H3,(H,17,18,19). The van der Waals surface area contributed by atoms with Crippen molar-refractivity contribution < 1.29 is 4.74 Å². The second-order valence-electron chi connectivity index (χ2n) is 6.36. The maximum Gasteiger partial charge on any atom is 0.148 e. The zero-order valence-electron chi connectivity index (χ0n) is 13.7. The minimum Gasteiger partial charge on any atom is -0.377 e. The Morgan fingerprint density at radius 3 is 2.67 bits per heavy atom. The molecule has 2 rings (SSSR count). The number of nitrogens with one attached hydrogen (secondary N) is 1. The lowest BCUT2D eigenvalue weighted by atomic mass is 9.94. The Bertz CT molecular complexity index is 505. The number of methoxy groups -OCH3 is 1. The van der Waals surface area contributed by atoms with Gasteiger partial charge in [-0.3, -0.25) is 0 Å². The van der Waals surface area contributed by atoms with Crippen molar-refractivity contribution in [3.05, 3.63) is 11.4 Å². The minimum atomic E-state index is -0.121. The Labute approximate surface area is 127 Å². The summed E-state index contributed by atoms with van der Waals surface area (Å²) < 4.78 is 5.68. The van der Waals surface area contributed by atoms with Gasteiger partial charge in [-0.15, -0.1) is 0 Å². The number of nitrogens with two attached hydrogens (primary N) is 1. The van der Waals surface area contributed by atoms with Crippen LogP contribution in [0, 0.1) is 6.92 Å². The first-order chi connectivity index (χ1) is 9.90. The van der Waals surface area contributed by atoms with Gasteiger partial charge in [0.15, 0.2) is 0 Å². The normalized spacial score (nSPS) is 22.7. The second-order valence-corrected chi connectivity index (χ2v) is 6.36. The third-order valence-corrected chi connectivity index (χ3v) is 4.24. The monoisotopic (exact) mass is 293 g/mol. The number of ether oxygens (including phenoxy) is 1. The van der Waals surface area contributed by atoms with Crippen LogP contribution < -0.4 is 16.2 Å². The van der Waals surface area contributed by atoms with E-state index in [-0.39, 0.29) is 11.5 Å². The van der Waals surface area contributed by atoms with E-state index in [4.69, 9.17) is 15.6 Å². The largest absolute Gasteiger partial charge is 0.377 e. The van der Waals surface area contributed by atoms with E-state index in [0.717, 1.165) is 43.1 Å². The highest BCUT2D eigenvalue weighted by Gasteiger charge is 2.32. The summed E-state index contributed by atoms with van der Waals surface area (Å²) in [4.78, 5) is 11.6. The van der Waals surface area contributed by atoms with Crippen LogP contribution in [0.2, 0.25) is 0 Å². The van der Waals surface area contributed by atoms with Crippen LogP contribution in [0.1, 0.15) is 50.9 Å². The summed E-state index contributed by atoms with van der Waals surface area (Å²) in [6, 6.07) is 0. The maximum absolute atomic E-state index is 5.68. The Morgan fingerprint density at radius 1 is 1.38 bits per heavy atom. The smallest absolute Gasteiger partial charge is 0.148 e. The number of hydrogen-bond donors (Lipinski definition) is 2. The van der Waals surface area contributed by atoms with Crippen LogP contribution in [-0.4, -0.2) is 35.8 Å². The fraction of sp³-hybridized carbons (Fsp3) is 0.733. The molecule has 21 heavy (non-hydrogen) atoms. The molecule has 6 heteroatoms. The van der Waals surface area contributed by atoms with Crippen molar-refractivity contribution in [1.82, 2.24) is 9.97 Å². The molecule has 1 unspecified atom stereocenters. The predicted molar refractivity (Wildman–Crippen MR) is 85.5 cm³/mol. The lowest BCUT2D eigenvalue weighted by molar-refractivity contribution is -0.00484. The van der Waals surface area contributed by atoms with Gasteiger partial charge < -0.3 is 15.1 Å². The second kappa shape index (κ2) is 6.15. The van der Waals surface area contributed by atoms with Gasteiger partial charge in [-0.1, -0.05) is 13.8 Å². The molecule has 1 aromatic rings. The van der Waals surface area contributed by atoms with Crippen LogP contribution >= 0.6 is 0 Å². The van der Waals surface area contributed by atoms with Crippen molar-refractivity contribution in [3.8, 4) is 0 Å². The minimum absolute atomic E-state index is 0.121. The number of anilines is 2. The Morgan fingerprint density at radius 2 is 2.10 bits per heavy atom. The van der Waals surface area contributed by atoms with E-state index in [2.05, 4.69) is 36.1 Å². The van der Waals surface area contributed by atoms with Crippen molar-refractivity contribution >= 4 is 11.6 Å². The first kappa shape index (κ1) is 16.0. The molecule has 1 aromatic heterocycles. The number of nitrogens with zero attached hydrogens (tertiary/aromatic N) is 3. The average molecular weight is 293 g/mol. The molecule has 1 aliphatic heterocycles. The number of rotatable bonds is 4. The molecule has 3 N–H and O–H groups in total.